The van der Waals surface area contributed by atoms with E-state index in [1.807, 2.05) is 36.4 Å². The Morgan fingerprint density at radius 1 is 0.857 bits per heavy atom. The molecule has 28 heavy (non-hydrogen) atoms. The van der Waals surface area contributed by atoms with Gasteiger partial charge in [-0.2, -0.15) is 0 Å². The van der Waals surface area contributed by atoms with E-state index in [0.717, 1.165) is 17.0 Å². The Labute approximate surface area is 163 Å². The van der Waals surface area contributed by atoms with Gasteiger partial charge < -0.3 is 30.6 Å². The highest BCUT2D eigenvalue weighted by Crippen LogP contribution is 2.33. The van der Waals surface area contributed by atoms with Crippen molar-refractivity contribution in [3.05, 3.63) is 54.4 Å². The lowest BCUT2D eigenvalue weighted by molar-refractivity contribution is 0.395. The zero-order chi connectivity index (χ0) is 19.9. The Morgan fingerprint density at radius 2 is 1.54 bits per heavy atom. The van der Waals surface area contributed by atoms with Crippen molar-refractivity contribution < 1.29 is 14.2 Å². The fourth-order valence-corrected chi connectivity index (χ4v) is 2.59. The molecule has 4 N–H and O–H groups in total. The van der Waals surface area contributed by atoms with Crippen molar-refractivity contribution in [2.75, 3.05) is 37.7 Å². The third kappa shape index (κ3) is 4.35. The van der Waals surface area contributed by atoms with Crippen molar-refractivity contribution in [2.24, 2.45) is 0 Å². The SMILES string of the molecule is COc1ccc(CNc2ncnc(Nc3ccc(OC)cc3OC)c2N)cc1. The summed E-state index contributed by atoms with van der Waals surface area (Å²) in [4.78, 5) is 8.48. The molecule has 0 spiro atoms. The second-order valence-electron chi connectivity index (χ2n) is 5.88. The van der Waals surface area contributed by atoms with E-state index in [1.165, 1.54) is 6.33 Å². The maximum atomic E-state index is 6.25. The van der Waals surface area contributed by atoms with Gasteiger partial charge in [-0.05, 0) is 29.8 Å². The van der Waals surface area contributed by atoms with E-state index in [-0.39, 0.29) is 0 Å². The average Bonchev–Trinajstić information content (AvgIpc) is 2.75. The Morgan fingerprint density at radius 3 is 2.21 bits per heavy atom. The maximum absolute atomic E-state index is 6.25. The van der Waals surface area contributed by atoms with E-state index < -0.39 is 0 Å². The number of benzene rings is 2. The molecule has 8 nitrogen and oxygen atoms in total. The highest BCUT2D eigenvalue weighted by Gasteiger charge is 2.11. The van der Waals surface area contributed by atoms with E-state index >= 15 is 0 Å². The molecule has 1 heterocycles. The second-order valence-corrected chi connectivity index (χ2v) is 5.88. The van der Waals surface area contributed by atoms with Crippen LogP contribution in [-0.4, -0.2) is 31.3 Å². The molecule has 0 aliphatic carbocycles. The molecule has 0 amide bonds. The van der Waals surface area contributed by atoms with Crippen LogP contribution in [0.4, 0.5) is 23.0 Å². The first-order valence-corrected chi connectivity index (χ1v) is 8.61. The molecule has 0 radical (unpaired) electrons. The molecule has 2 aromatic carbocycles. The van der Waals surface area contributed by atoms with Crippen molar-refractivity contribution in [2.45, 2.75) is 6.54 Å². The minimum absolute atomic E-state index is 0.411. The zero-order valence-electron chi connectivity index (χ0n) is 16.0. The molecule has 0 saturated carbocycles. The standard InChI is InChI=1S/C20H23N5O3/c1-26-14-6-4-13(5-7-14)11-22-19-18(21)20(24-12-23-19)25-16-9-8-15(27-2)10-17(16)28-3/h4-10,12H,11,21H2,1-3H3,(H2,22,23,24,25). The summed E-state index contributed by atoms with van der Waals surface area (Å²) in [6, 6.07) is 13.2. The van der Waals surface area contributed by atoms with E-state index in [4.69, 9.17) is 19.9 Å². The van der Waals surface area contributed by atoms with Crippen LogP contribution in [-0.2, 0) is 6.54 Å². The van der Waals surface area contributed by atoms with Crippen LogP contribution in [0.15, 0.2) is 48.8 Å². The summed E-state index contributed by atoms with van der Waals surface area (Å²) in [7, 11) is 4.83. The molecule has 8 heteroatoms. The minimum Gasteiger partial charge on any atom is -0.497 e. The topological polar surface area (TPSA) is 104 Å². The summed E-state index contributed by atoms with van der Waals surface area (Å²) in [6.07, 6.45) is 1.45. The molecule has 0 atom stereocenters. The zero-order valence-corrected chi connectivity index (χ0v) is 16.0. The number of rotatable bonds is 8. The van der Waals surface area contributed by atoms with Crippen LogP contribution in [0.3, 0.4) is 0 Å². The van der Waals surface area contributed by atoms with Gasteiger partial charge in [0.1, 0.15) is 29.3 Å². The van der Waals surface area contributed by atoms with Crippen LogP contribution in [0.1, 0.15) is 5.56 Å². The van der Waals surface area contributed by atoms with Crippen LogP contribution in [0, 0.1) is 0 Å². The lowest BCUT2D eigenvalue weighted by atomic mass is 10.2. The van der Waals surface area contributed by atoms with Crippen LogP contribution in [0.5, 0.6) is 17.2 Å². The molecule has 3 aromatic rings. The quantitative estimate of drug-likeness (QED) is 0.545. The molecule has 0 aliphatic heterocycles. The van der Waals surface area contributed by atoms with E-state index in [9.17, 15) is 0 Å². The first-order valence-electron chi connectivity index (χ1n) is 8.61. The van der Waals surface area contributed by atoms with Gasteiger partial charge in [-0.25, -0.2) is 9.97 Å². The Bertz CT molecular complexity index is 932. The second kappa shape index (κ2) is 8.81. The molecule has 3 rings (SSSR count). The summed E-state index contributed by atoms with van der Waals surface area (Å²) < 4.78 is 15.8. The number of anilines is 4. The molecule has 0 aliphatic rings. The van der Waals surface area contributed by atoms with Gasteiger partial charge in [0.15, 0.2) is 11.6 Å². The number of nitrogens with zero attached hydrogens (tertiary/aromatic N) is 2. The van der Waals surface area contributed by atoms with Gasteiger partial charge in [0, 0.05) is 12.6 Å². The van der Waals surface area contributed by atoms with Gasteiger partial charge in [0.2, 0.25) is 0 Å². The lowest BCUT2D eigenvalue weighted by Crippen LogP contribution is -2.08. The van der Waals surface area contributed by atoms with Gasteiger partial charge in [-0.1, -0.05) is 12.1 Å². The van der Waals surface area contributed by atoms with Crippen LogP contribution in [0.25, 0.3) is 0 Å². The minimum atomic E-state index is 0.411. The van der Waals surface area contributed by atoms with Gasteiger partial charge >= 0.3 is 0 Å². The summed E-state index contributed by atoms with van der Waals surface area (Å²) >= 11 is 0. The first-order chi connectivity index (χ1) is 13.6. The molecular formula is C20H23N5O3. The summed E-state index contributed by atoms with van der Waals surface area (Å²) in [5, 5.41) is 6.42. The van der Waals surface area contributed by atoms with Gasteiger partial charge in [-0.15, -0.1) is 0 Å². The molecule has 0 fully saturated rings. The number of ether oxygens (including phenoxy) is 3. The number of methoxy groups -OCH3 is 3. The third-order valence-electron chi connectivity index (χ3n) is 4.16. The average molecular weight is 381 g/mol. The monoisotopic (exact) mass is 381 g/mol. The predicted octanol–water partition coefficient (Wildman–Crippen LogP) is 3.44. The summed E-state index contributed by atoms with van der Waals surface area (Å²) in [5.74, 6) is 3.15. The fraction of sp³-hybridized carbons (Fsp3) is 0.200. The normalized spacial score (nSPS) is 10.2. The van der Waals surface area contributed by atoms with Crippen molar-refractivity contribution in [3.8, 4) is 17.2 Å². The number of nitrogens with two attached hydrogens (primary N) is 1. The van der Waals surface area contributed by atoms with E-state index in [2.05, 4.69) is 20.6 Å². The molecular weight excluding hydrogens is 358 g/mol. The van der Waals surface area contributed by atoms with Gasteiger partial charge in [0.05, 0.1) is 27.0 Å². The largest absolute Gasteiger partial charge is 0.497 e. The lowest BCUT2D eigenvalue weighted by Gasteiger charge is -2.15. The van der Waals surface area contributed by atoms with E-state index in [1.54, 1.807) is 27.4 Å². The number of nitrogens with one attached hydrogen (secondary N) is 2. The number of nitrogen functional groups attached to an aromatic ring is 1. The molecule has 0 saturated heterocycles. The Kier molecular flexibility index (Phi) is 6.01. The smallest absolute Gasteiger partial charge is 0.159 e. The fourth-order valence-electron chi connectivity index (χ4n) is 2.59. The molecule has 0 bridgehead atoms. The van der Waals surface area contributed by atoms with Crippen molar-refractivity contribution in [1.82, 2.24) is 9.97 Å². The van der Waals surface area contributed by atoms with Gasteiger partial charge in [0.25, 0.3) is 0 Å². The number of aromatic nitrogens is 2. The van der Waals surface area contributed by atoms with Crippen LogP contribution >= 0.6 is 0 Å². The highest BCUT2D eigenvalue weighted by molar-refractivity contribution is 5.79. The maximum Gasteiger partial charge on any atom is 0.159 e. The van der Waals surface area contributed by atoms with Crippen molar-refractivity contribution >= 4 is 23.0 Å². The molecule has 1 aromatic heterocycles. The van der Waals surface area contributed by atoms with Crippen LogP contribution in [0.2, 0.25) is 0 Å². The third-order valence-corrected chi connectivity index (χ3v) is 4.16. The first kappa shape index (κ1) is 19.1. The Balaban J connectivity index is 1.75. The van der Waals surface area contributed by atoms with E-state index in [0.29, 0.717) is 35.4 Å². The number of hydrogen-bond acceptors (Lipinski definition) is 8. The molecule has 0 unspecified atom stereocenters. The van der Waals surface area contributed by atoms with Crippen molar-refractivity contribution in [3.63, 3.8) is 0 Å². The molecule has 146 valence electrons. The van der Waals surface area contributed by atoms with Crippen molar-refractivity contribution in [1.29, 1.82) is 0 Å². The summed E-state index contributed by atoms with van der Waals surface area (Å²) in [5.41, 5.74) is 8.46. The van der Waals surface area contributed by atoms with Gasteiger partial charge in [-0.3, -0.25) is 0 Å². The predicted molar refractivity (Wildman–Crippen MR) is 110 cm³/mol. The number of hydrogen-bond donors (Lipinski definition) is 3. The van der Waals surface area contributed by atoms with Crippen LogP contribution < -0.4 is 30.6 Å². The summed E-state index contributed by atoms with van der Waals surface area (Å²) in [6.45, 7) is 0.566. The highest BCUT2D eigenvalue weighted by atomic mass is 16.5. The Hall–Kier alpha value is -3.68.